The molecule has 0 atom stereocenters. The van der Waals surface area contributed by atoms with Gasteiger partial charge in [-0.3, -0.25) is 10.2 Å². The fourth-order valence-corrected chi connectivity index (χ4v) is 3.02. The van der Waals surface area contributed by atoms with Crippen LogP contribution in [0.2, 0.25) is 0 Å². The molecule has 7 nitrogen and oxygen atoms in total. The maximum Gasteiger partial charge on any atom is 0.283 e. The van der Waals surface area contributed by atoms with Crippen LogP contribution in [0.4, 0.5) is 11.4 Å². The van der Waals surface area contributed by atoms with Gasteiger partial charge < -0.3 is 9.88 Å². The Bertz CT molecular complexity index is 967. The molecule has 0 radical (unpaired) electrons. The summed E-state index contributed by atoms with van der Waals surface area (Å²) in [6.07, 6.45) is 1.58. The van der Waals surface area contributed by atoms with Crippen LogP contribution in [-0.2, 0) is 11.8 Å². The first-order valence-electron chi connectivity index (χ1n) is 8.32. The van der Waals surface area contributed by atoms with Crippen molar-refractivity contribution in [3.8, 4) is 0 Å². The molecular formula is C19H20N6OS. The number of rotatable bonds is 4. The van der Waals surface area contributed by atoms with Gasteiger partial charge >= 0.3 is 0 Å². The van der Waals surface area contributed by atoms with Crippen LogP contribution in [0, 0.1) is 13.8 Å². The second kappa shape index (κ2) is 8.50. The zero-order valence-electron chi connectivity index (χ0n) is 15.3. The Kier molecular flexibility index (Phi) is 5.87. The number of amides is 1. The molecule has 2 N–H and O–H groups in total. The number of thioether (sulfide) groups is 1. The molecule has 0 unspecified atom stereocenters. The lowest BCUT2D eigenvalue weighted by Gasteiger charge is -2.11. The number of hydrogen-bond acceptors (Lipinski definition) is 6. The number of anilines is 2. The number of hydrogen-bond donors (Lipinski definition) is 2. The molecule has 1 amide bonds. The van der Waals surface area contributed by atoms with E-state index in [-0.39, 0.29) is 11.0 Å². The summed E-state index contributed by atoms with van der Waals surface area (Å²) in [5, 5.41) is 15.9. The Labute approximate surface area is 161 Å². The summed E-state index contributed by atoms with van der Waals surface area (Å²) >= 11 is 1.14. The fourth-order valence-electron chi connectivity index (χ4n) is 2.33. The number of aryl methyl sites for hydroxylation is 3. The minimum atomic E-state index is -0.321. The van der Waals surface area contributed by atoms with Gasteiger partial charge in [-0.2, -0.15) is 5.10 Å². The van der Waals surface area contributed by atoms with Gasteiger partial charge in [0.05, 0.1) is 5.69 Å². The van der Waals surface area contributed by atoms with Gasteiger partial charge in [-0.25, -0.2) is 0 Å². The van der Waals surface area contributed by atoms with E-state index in [1.165, 1.54) is 0 Å². The Morgan fingerprint density at radius 2 is 1.93 bits per heavy atom. The van der Waals surface area contributed by atoms with Gasteiger partial charge in [0.2, 0.25) is 0 Å². The highest BCUT2D eigenvalue weighted by molar-refractivity contribution is 8.15. The summed E-state index contributed by atoms with van der Waals surface area (Å²) < 4.78 is 1.73. The summed E-state index contributed by atoms with van der Waals surface area (Å²) in [5.74, 6) is -0.321. The van der Waals surface area contributed by atoms with E-state index in [1.807, 2.05) is 69.4 Å². The Hall–Kier alpha value is -3.13. The molecule has 3 rings (SSSR count). The van der Waals surface area contributed by atoms with E-state index in [0.29, 0.717) is 5.16 Å². The molecule has 1 heterocycles. The number of para-hydroxylation sites is 1. The van der Waals surface area contributed by atoms with Crippen LogP contribution < -0.4 is 10.7 Å². The van der Waals surface area contributed by atoms with Crippen molar-refractivity contribution in [2.45, 2.75) is 19.0 Å². The lowest BCUT2D eigenvalue weighted by Crippen LogP contribution is -2.22. The molecule has 27 heavy (non-hydrogen) atoms. The first kappa shape index (κ1) is 18.7. The molecule has 0 spiro atoms. The molecule has 2 aromatic carbocycles. The van der Waals surface area contributed by atoms with Crippen LogP contribution in [0.15, 0.2) is 65.1 Å². The van der Waals surface area contributed by atoms with E-state index < -0.39 is 0 Å². The maximum atomic E-state index is 12.8. The minimum Gasteiger partial charge on any atom is -0.320 e. The average Bonchev–Trinajstić information content (AvgIpc) is 3.06. The number of carbonyl (C=O) groups is 1. The van der Waals surface area contributed by atoms with Gasteiger partial charge in [-0.05, 0) is 49.4 Å². The Morgan fingerprint density at radius 3 is 2.59 bits per heavy atom. The second-order valence-corrected chi connectivity index (χ2v) is 6.95. The van der Waals surface area contributed by atoms with Crippen LogP contribution >= 0.6 is 11.8 Å². The van der Waals surface area contributed by atoms with Crippen LogP contribution in [0.1, 0.15) is 11.1 Å². The van der Waals surface area contributed by atoms with Crippen LogP contribution in [0.25, 0.3) is 0 Å². The van der Waals surface area contributed by atoms with E-state index in [4.69, 9.17) is 0 Å². The van der Waals surface area contributed by atoms with Gasteiger partial charge in [-0.1, -0.05) is 35.9 Å². The maximum absolute atomic E-state index is 12.8. The topological polar surface area (TPSA) is 84.2 Å². The second-order valence-electron chi connectivity index (χ2n) is 5.99. The van der Waals surface area contributed by atoms with Gasteiger partial charge in [0.15, 0.2) is 10.2 Å². The molecule has 1 aromatic heterocycles. The molecule has 0 bridgehead atoms. The molecular weight excluding hydrogens is 360 g/mol. The largest absolute Gasteiger partial charge is 0.320 e. The highest BCUT2D eigenvalue weighted by atomic mass is 32.2. The van der Waals surface area contributed by atoms with Crippen molar-refractivity contribution in [1.29, 1.82) is 0 Å². The van der Waals surface area contributed by atoms with Crippen LogP contribution in [-0.4, -0.2) is 25.7 Å². The van der Waals surface area contributed by atoms with Gasteiger partial charge in [0.1, 0.15) is 6.33 Å². The molecule has 0 saturated heterocycles. The minimum absolute atomic E-state index is 0.231. The first-order chi connectivity index (χ1) is 13.0. The number of carbonyl (C=O) groups excluding carboxylic acids is 1. The molecule has 8 heteroatoms. The van der Waals surface area contributed by atoms with E-state index in [9.17, 15) is 4.79 Å². The van der Waals surface area contributed by atoms with Crippen molar-refractivity contribution in [3.05, 3.63) is 66.0 Å². The molecule has 0 aliphatic carbocycles. The lowest BCUT2D eigenvalue weighted by atomic mass is 10.1. The van der Waals surface area contributed by atoms with Gasteiger partial charge in [0.25, 0.3) is 5.91 Å². The highest BCUT2D eigenvalue weighted by Gasteiger charge is 2.18. The van der Waals surface area contributed by atoms with Crippen molar-refractivity contribution in [2.75, 3.05) is 10.7 Å². The third kappa shape index (κ3) is 4.95. The first-order valence-corrected chi connectivity index (χ1v) is 9.14. The van der Waals surface area contributed by atoms with Crippen molar-refractivity contribution in [1.82, 2.24) is 14.8 Å². The van der Waals surface area contributed by atoms with Gasteiger partial charge in [-0.15, -0.1) is 10.2 Å². The smallest absolute Gasteiger partial charge is 0.283 e. The predicted molar refractivity (Wildman–Crippen MR) is 109 cm³/mol. The molecule has 3 aromatic rings. The summed E-state index contributed by atoms with van der Waals surface area (Å²) in [5.41, 5.74) is 6.57. The number of nitrogens with zero attached hydrogens (tertiary/aromatic N) is 4. The monoisotopic (exact) mass is 380 g/mol. The van der Waals surface area contributed by atoms with Crippen LogP contribution in [0.5, 0.6) is 0 Å². The Balaban J connectivity index is 1.83. The third-order valence-electron chi connectivity index (χ3n) is 3.74. The van der Waals surface area contributed by atoms with E-state index >= 15 is 0 Å². The number of nitrogens with one attached hydrogen (secondary N) is 2. The predicted octanol–water partition coefficient (Wildman–Crippen LogP) is 3.59. The van der Waals surface area contributed by atoms with Crippen molar-refractivity contribution in [3.63, 3.8) is 0 Å². The summed E-state index contributed by atoms with van der Waals surface area (Å²) in [6.45, 7) is 3.97. The zero-order valence-corrected chi connectivity index (χ0v) is 16.1. The number of aromatic nitrogens is 3. The van der Waals surface area contributed by atoms with Crippen molar-refractivity contribution in [2.24, 2.45) is 12.1 Å². The van der Waals surface area contributed by atoms with E-state index in [0.717, 1.165) is 34.3 Å². The normalized spacial score (nSPS) is 11.3. The van der Waals surface area contributed by atoms with Crippen molar-refractivity contribution >= 4 is 34.1 Å². The SMILES string of the molecule is Cc1ccc(NC(=O)/C(=N/Nc2ccccc2)Sc2nncn2C)c(C)c1. The van der Waals surface area contributed by atoms with Gasteiger partial charge in [0, 0.05) is 12.7 Å². The third-order valence-corrected chi connectivity index (χ3v) is 4.76. The molecule has 0 saturated carbocycles. The number of benzene rings is 2. The molecule has 0 fully saturated rings. The number of hydrazone groups is 1. The summed E-state index contributed by atoms with van der Waals surface area (Å²) in [6, 6.07) is 15.3. The zero-order chi connectivity index (χ0) is 19.2. The molecule has 138 valence electrons. The fraction of sp³-hybridized carbons (Fsp3) is 0.158. The standard InChI is InChI=1S/C19H20N6OS/c1-13-9-10-16(14(2)11-13)21-17(26)18(27-19-24-20-12-25(19)3)23-22-15-7-5-4-6-8-15/h4-12,22H,1-3H3,(H,21,26)/b23-18-. The quantitative estimate of drug-likeness (QED) is 0.313. The molecule has 0 aliphatic rings. The van der Waals surface area contributed by atoms with Crippen LogP contribution in [0.3, 0.4) is 0 Å². The Morgan fingerprint density at radius 1 is 1.15 bits per heavy atom. The highest BCUT2D eigenvalue weighted by Crippen LogP contribution is 2.20. The van der Waals surface area contributed by atoms with E-state index in [2.05, 4.69) is 26.0 Å². The van der Waals surface area contributed by atoms with Crippen molar-refractivity contribution < 1.29 is 4.79 Å². The lowest BCUT2D eigenvalue weighted by molar-refractivity contribution is -0.110. The molecule has 0 aliphatic heterocycles. The summed E-state index contributed by atoms with van der Waals surface area (Å²) in [4.78, 5) is 12.8. The average molecular weight is 380 g/mol. The van der Waals surface area contributed by atoms with E-state index in [1.54, 1.807) is 10.9 Å². The summed E-state index contributed by atoms with van der Waals surface area (Å²) in [7, 11) is 1.81.